The van der Waals surface area contributed by atoms with Crippen molar-refractivity contribution in [1.82, 2.24) is 4.98 Å². The van der Waals surface area contributed by atoms with Crippen molar-refractivity contribution in [3.8, 4) is 17.1 Å². The molecule has 0 fully saturated rings. The van der Waals surface area contributed by atoms with Crippen LogP contribution in [0, 0.1) is 0 Å². The third-order valence-corrected chi connectivity index (χ3v) is 5.26. The molecule has 0 saturated carbocycles. The quantitative estimate of drug-likeness (QED) is 0.299. The molecule has 2 N–H and O–H groups in total. The number of nitrogens with one attached hydrogen (secondary N) is 2. The molecular formula is C28H27N3O4. The molecule has 0 radical (unpaired) electrons. The van der Waals surface area contributed by atoms with E-state index in [1.165, 1.54) is 0 Å². The van der Waals surface area contributed by atoms with Gasteiger partial charge in [0.1, 0.15) is 5.75 Å². The van der Waals surface area contributed by atoms with Crippen LogP contribution < -0.4 is 15.4 Å². The monoisotopic (exact) mass is 469 g/mol. The molecule has 0 atom stereocenters. The Hall–Kier alpha value is -4.39. The molecule has 0 aliphatic carbocycles. The summed E-state index contributed by atoms with van der Waals surface area (Å²) >= 11 is 0. The van der Waals surface area contributed by atoms with Crippen LogP contribution in [0.25, 0.3) is 11.3 Å². The lowest BCUT2D eigenvalue weighted by molar-refractivity contribution is -0.116. The van der Waals surface area contributed by atoms with Gasteiger partial charge >= 0.3 is 0 Å². The smallest absolute Gasteiger partial charge is 0.255 e. The number of aryl methyl sites for hydroxylation is 1. The Bertz CT molecular complexity index is 1250. The molecule has 0 saturated heterocycles. The van der Waals surface area contributed by atoms with Gasteiger partial charge in [-0.25, -0.2) is 4.98 Å². The van der Waals surface area contributed by atoms with Crippen molar-refractivity contribution in [3.05, 3.63) is 96.5 Å². The summed E-state index contributed by atoms with van der Waals surface area (Å²) < 4.78 is 11.2. The first-order chi connectivity index (χ1) is 17.1. The van der Waals surface area contributed by atoms with Crippen LogP contribution >= 0.6 is 0 Å². The molecule has 1 heterocycles. The lowest BCUT2D eigenvalue weighted by atomic mass is 10.1. The predicted molar refractivity (Wildman–Crippen MR) is 136 cm³/mol. The summed E-state index contributed by atoms with van der Waals surface area (Å²) in [6, 6.07) is 23.8. The Kier molecular flexibility index (Phi) is 7.91. The van der Waals surface area contributed by atoms with Gasteiger partial charge in [-0.1, -0.05) is 30.3 Å². The number of aromatic nitrogens is 1. The van der Waals surface area contributed by atoms with E-state index in [1.54, 1.807) is 42.6 Å². The average molecular weight is 470 g/mol. The minimum Gasteiger partial charge on any atom is -0.494 e. The third kappa shape index (κ3) is 6.80. The summed E-state index contributed by atoms with van der Waals surface area (Å²) in [5.41, 5.74) is 2.78. The predicted octanol–water partition coefficient (Wildman–Crippen LogP) is 5.95. The van der Waals surface area contributed by atoms with Gasteiger partial charge in [0, 0.05) is 35.3 Å². The van der Waals surface area contributed by atoms with E-state index in [1.807, 2.05) is 49.4 Å². The molecule has 35 heavy (non-hydrogen) atoms. The van der Waals surface area contributed by atoms with E-state index >= 15 is 0 Å². The fourth-order valence-electron chi connectivity index (χ4n) is 3.49. The maximum Gasteiger partial charge on any atom is 0.255 e. The molecular weight excluding hydrogens is 442 g/mol. The number of nitrogens with zero attached hydrogens (tertiary/aromatic N) is 1. The van der Waals surface area contributed by atoms with Crippen molar-refractivity contribution in [2.45, 2.75) is 26.2 Å². The van der Waals surface area contributed by atoms with E-state index in [4.69, 9.17) is 9.15 Å². The van der Waals surface area contributed by atoms with Crippen LogP contribution in [0.15, 0.2) is 89.5 Å². The van der Waals surface area contributed by atoms with Crippen LogP contribution in [-0.4, -0.2) is 23.4 Å². The lowest BCUT2D eigenvalue weighted by Gasteiger charge is -2.08. The second kappa shape index (κ2) is 11.7. The van der Waals surface area contributed by atoms with Gasteiger partial charge in [0.25, 0.3) is 5.91 Å². The van der Waals surface area contributed by atoms with Gasteiger partial charge in [-0.15, -0.1) is 0 Å². The molecule has 2 amide bonds. The number of oxazole rings is 1. The number of hydrogen-bond acceptors (Lipinski definition) is 5. The molecule has 7 heteroatoms. The summed E-state index contributed by atoms with van der Waals surface area (Å²) in [6.45, 7) is 2.51. The zero-order valence-electron chi connectivity index (χ0n) is 19.5. The number of ether oxygens (including phenoxy) is 1. The molecule has 0 bridgehead atoms. The Labute approximate surface area is 204 Å². The highest BCUT2D eigenvalue weighted by Crippen LogP contribution is 2.21. The first-order valence-electron chi connectivity index (χ1n) is 11.5. The summed E-state index contributed by atoms with van der Waals surface area (Å²) in [7, 11) is 0. The van der Waals surface area contributed by atoms with Crippen molar-refractivity contribution >= 4 is 23.2 Å². The zero-order chi connectivity index (χ0) is 24.5. The molecule has 0 aliphatic heterocycles. The highest BCUT2D eigenvalue weighted by molar-refractivity contribution is 6.04. The van der Waals surface area contributed by atoms with Gasteiger partial charge in [0.2, 0.25) is 5.91 Å². The molecule has 0 unspecified atom stereocenters. The molecule has 0 spiro atoms. The van der Waals surface area contributed by atoms with E-state index in [0.717, 1.165) is 17.1 Å². The lowest BCUT2D eigenvalue weighted by Crippen LogP contribution is -2.13. The fourth-order valence-corrected chi connectivity index (χ4v) is 3.49. The van der Waals surface area contributed by atoms with E-state index < -0.39 is 0 Å². The van der Waals surface area contributed by atoms with Gasteiger partial charge in [-0.05, 0) is 61.9 Å². The van der Waals surface area contributed by atoms with Gasteiger partial charge < -0.3 is 19.8 Å². The van der Waals surface area contributed by atoms with Crippen LogP contribution in [0.3, 0.4) is 0 Å². The van der Waals surface area contributed by atoms with Crippen LogP contribution in [0.4, 0.5) is 11.4 Å². The van der Waals surface area contributed by atoms with E-state index in [9.17, 15) is 9.59 Å². The van der Waals surface area contributed by atoms with E-state index in [-0.39, 0.29) is 11.8 Å². The van der Waals surface area contributed by atoms with Crippen LogP contribution in [-0.2, 0) is 11.2 Å². The summed E-state index contributed by atoms with van der Waals surface area (Å²) in [5, 5.41) is 5.70. The molecule has 1 aromatic heterocycles. The Morgan fingerprint density at radius 1 is 0.886 bits per heavy atom. The summed E-state index contributed by atoms with van der Waals surface area (Å²) in [4.78, 5) is 29.1. The number of carbonyl (C=O) groups excluding carboxylic acids is 2. The third-order valence-electron chi connectivity index (χ3n) is 5.26. The standard InChI is InChI=1S/C28H27N3O4/c1-2-34-24-17-15-23(16-18-24)31-28(33)21-11-13-22(14-12-21)30-26(32)9-6-10-27-29-19-25(35-27)20-7-4-3-5-8-20/h3-5,7-8,11-19H,2,6,9-10H2,1H3,(H,30,32)(H,31,33). The maximum atomic E-state index is 12.5. The summed E-state index contributed by atoms with van der Waals surface area (Å²) in [6.07, 6.45) is 3.23. The van der Waals surface area contributed by atoms with Gasteiger partial charge in [0.05, 0.1) is 12.8 Å². The fraction of sp³-hybridized carbons (Fsp3) is 0.179. The number of amides is 2. The summed E-state index contributed by atoms with van der Waals surface area (Å²) in [5.74, 6) is 1.75. The number of benzene rings is 3. The Morgan fingerprint density at radius 2 is 1.57 bits per heavy atom. The topological polar surface area (TPSA) is 93.5 Å². The second-order valence-electron chi connectivity index (χ2n) is 7.87. The minimum atomic E-state index is -0.229. The first-order valence-corrected chi connectivity index (χ1v) is 11.5. The molecule has 7 nitrogen and oxygen atoms in total. The highest BCUT2D eigenvalue weighted by Gasteiger charge is 2.10. The Morgan fingerprint density at radius 3 is 2.29 bits per heavy atom. The first kappa shape index (κ1) is 23.8. The van der Waals surface area contributed by atoms with Crippen molar-refractivity contribution < 1.29 is 18.7 Å². The van der Waals surface area contributed by atoms with Gasteiger partial charge in [0.15, 0.2) is 11.7 Å². The van der Waals surface area contributed by atoms with E-state index in [2.05, 4.69) is 15.6 Å². The van der Waals surface area contributed by atoms with Crippen molar-refractivity contribution in [3.63, 3.8) is 0 Å². The van der Waals surface area contributed by atoms with Crippen molar-refractivity contribution in [2.24, 2.45) is 0 Å². The average Bonchev–Trinajstić information content (AvgIpc) is 3.35. The number of carbonyl (C=O) groups is 2. The van der Waals surface area contributed by atoms with Crippen molar-refractivity contribution in [2.75, 3.05) is 17.2 Å². The molecule has 3 aromatic carbocycles. The zero-order valence-corrected chi connectivity index (χ0v) is 19.5. The normalized spacial score (nSPS) is 10.5. The van der Waals surface area contributed by atoms with E-state index in [0.29, 0.717) is 48.7 Å². The van der Waals surface area contributed by atoms with Gasteiger partial charge in [-0.2, -0.15) is 0 Å². The number of hydrogen-bond donors (Lipinski definition) is 2. The molecule has 4 aromatic rings. The van der Waals surface area contributed by atoms with Crippen molar-refractivity contribution in [1.29, 1.82) is 0 Å². The minimum absolute atomic E-state index is 0.105. The van der Waals surface area contributed by atoms with Crippen LogP contribution in [0.1, 0.15) is 36.0 Å². The largest absolute Gasteiger partial charge is 0.494 e. The SMILES string of the molecule is CCOc1ccc(NC(=O)c2ccc(NC(=O)CCCc3ncc(-c4ccccc4)o3)cc2)cc1. The van der Waals surface area contributed by atoms with Crippen LogP contribution in [0.5, 0.6) is 5.75 Å². The number of rotatable bonds is 10. The molecule has 0 aliphatic rings. The van der Waals surface area contributed by atoms with Crippen LogP contribution in [0.2, 0.25) is 0 Å². The molecule has 178 valence electrons. The molecule has 4 rings (SSSR count). The second-order valence-corrected chi connectivity index (χ2v) is 7.87. The highest BCUT2D eigenvalue weighted by atomic mass is 16.5. The van der Waals surface area contributed by atoms with Gasteiger partial charge in [-0.3, -0.25) is 9.59 Å². The number of anilines is 2. The Balaban J connectivity index is 1.22. The maximum absolute atomic E-state index is 12.5.